The maximum absolute atomic E-state index is 13.8. The summed E-state index contributed by atoms with van der Waals surface area (Å²) in [6, 6.07) is 4.87. The number of benzene rings is 1. The molecule has 110 valence electrons. The van der Waals surface area contributed by atoms with Gasteiger partial charge in [-0.25, -0.2) is 9.37 Å². The molecule has 7 heteroatoms. The van der Waals surface area contributed by atoms with E-state index in [9.17, 15) is 4.39 Å². The molecule has 0 saturated carbocycles. The average Bonchev–Trinajstić information content (AvgIpc) is 3.01. The highest BCUT2D eigenvalue weighted by Gasteiger charge is 2.17. The van der Waals surface area contributed by atoms with Crippen molar-refractivity contribution in [3.05, 3.63) is 36.0 Å². The van der Waals surface area contributed by atoms with Gasteiger partial charge in [0.25, 0.3) is 0 Å². The third-order valence-corrected chi connectivity index (χ3v) is 3.43. The summed E-state index contributed by atoms with van der Waals surface area (Å²) in [5.74, 6) is 1.63. The number of imidazole rings is 1. The predicted molar refractivity (Wildman–Crippen MR) is 78.8 cm³/mol. The van der Waals surface area contributed by atoms with Gasteiger partial charge in [-0.05, 0) is 0 Å². The first kappa shape index (κ1) is 13.9. The van der Waals surface area contributed by atoms with Crippen molar-refractivity contribution in [3.63, 3.8) is 0 Å². The molecular weight excluding hydrogens is 295 g/mol. The molecule has 0 aliphatic carbocycles. The first-order chi connectivity index (χ1) is 10.1. The smallest absolute Gasteiger partial charge is 0.167 e. The van der Waals surface area contributed by atoms with Crippen LogP contribution in [0.3, 0.4) is 0 Å². The molecule has 0 unspecified atom stereocenters. The standard InChI is InChI=1S/C14H14ClFN4O/c1-19-6-4-14(18-19)20-11-8-12(21-2)9(16)7-10(11)17-13(20)3-5-15/h4,6-8H,3,5H2,1-2H3. The van der Waals surface area contributed by atoms with Crippen molar-refractivity contribution in [1.29, 1.82) is 0 Å². The Balaban J connectivity index is 2.29. The number of hydrogen-bond acceptors (Lipinski definition) is 3. The first-order valence-corrected chi connectivity index (χ1v) is 6.98. The second kappa shape index (κ2) is 5.37. The van der Waals surface area contributed by atoms with Gasteiger partial charge in [-0.3, -0.25) is 9.25 Å². The maximum Gasteiger partial charge on any atom is 0.167 e. The van der Waals surface area contributed by atoms with Crippen LogP contribution in [0.4, 0.5) is 4.39 Å². The Hall–Kier alpha value is -2.08. The minimum Gasteiger partial charge on any atom is -0.494 e. The molecule has 3 aromatic rings. The molecule has 0 radical (unpaired) electrons. The van der Waals surface area contributed by atoms with Crippen molar-refractivity contribution in [3.8, 4) is 11.6 Å². The van der Waals surface area contributed by atoms with Crippen LogP contribution < -0.4 is 4.74 Å². The van der Waals surface area contributed by atoms with Gasteiger partial charge in [-0.15, -0.1) is 11.6 Å². The zero-order valence-corrected chi connectivity index (χ0v) is 12.4. The van der Waals surface area contributed by atoms with E-state index >= 15 is 0 Å². The Kier molecular flexibility index (Phi) is 3.55. The summed E-state index contributed by atoms with van der Waals surface area (Å²) in [6.45, 7) is 0. The molecule has 0 N–H and O–H groups in total. The third-order valence-electron chi connectivity index (χ3n) is 3.24. The number of alkyl halides is 1. The highest BCUT2D eigenvalue weighted by Crippen LogP contribution is 2.27. The fourth-order valence-electron chi connectivity index (χ4n) is 2.32. The fraction of sp³-hybridized carbons (Fsp3) is 0.286. The number of halogens is 2. The Morgan fingerprint density at radius 3 is 2.81 bits per heavy atom. The molecule has 0 aliphatic rings. The molecule has 0 bridgehead atoms. The van der Waals surface area contributed by atoms with Crippen molar-refractivity contribution >= 4 is 22.6 Å². The minimum atomic E-state index is -0.437. The lowest BCUT2D eigenvalue weighted by Crippen LogP contribution is -2.04. The molecule has 0 fully saturated rings. The van der Waals surface area contributed by atoms with E-state index in [1.54, 1.807) is 10.7 Å². The predicted octanol–water partition coefficient (Wildman–Crippen LogP) is 2.69. The van der Waals surface area contributed by atoms with Crippen molar-refractivity contribution < 1.29 is 9.13 Å². The molecule has 5 nitrogen and oxygen atoms in total. The van der Waals surface area contributed by atoms with E-state index in [2.05, 4.69) is 10.1 Å². The number of nitrogens with zero attached hydrogens (tertiary/aromatic N) is 4. The van der Waals surface area contributed by atoms with Gasteiger partial charge in [0.2, 0.25) is 0 Å². The number of aryl methyl sites for hydroxylation is 2. The maximum atomic E-state index is 13.8. The summed E-state index contributed by atoms with van der Waals surface area (Å²) >= 11 is 5.84. The molecule has 0 saturated heterocycles. The van der Waals surface area contributed by atoms with E-state index in [0.29, 0.717) is 23.6 Å². The Morgan fingerprint density at radius 1 is 1.38 bits per heavy atom. The molecule has 0 amide bonds. The number of ether oxygens (including phenoxy) is 1. The topological polar surface area (TPSA) is 44.9 Å². The number of fused-ring (bicyclic) bond motifs is 1. The SMILES string of the molecule is COc1cc2c(cc1F)nc(CCCl)n2-c1ccn(C)n1. The molecule has 0 atom stereocenters. The van der Waals surface area contributed by atoms with E-state index < -0.39 is 5.82 Å². The summed E-state index contributed by atoms with van der Waals surface area (Å²) in [4.78, 5) is 4.46. The van der Waals surface area contributed by atoms with Crippen molar-refractivity contribution in [2.24, 2.45) is 7.05 Å². The quantitative estimate of drug-likeness (QED) is 0.696. The van der Waals surface area contributed by atoms with Crippen LogP contribution in [0.2, 0.25) is 0 Å². The molecule has 3 rings (SSSR count). The average molecular weight is 309 g/mol. The largest absolute Gasteiger partial charge is 0.494 e. The first-order valence-electron chi connectivity index (χ1n) is 6.45. The second-order valence-electron chi connectivity index (χ2n) is 4.63. The van der Waals surface area contributed by atoms with Crippen LogP contribution in [0.25, 0.3) is 16.9 Å². The Labute approximate surface area is 125 Å². The molecule has 2 aromatic heterocycles. The Morgan fingerprint density at radius 2 is 2.19 bits per heavy atom. The zero-order chi connectivity index (χ0) is 15.0. The van der Waals surface area contributed by atoms with Gasteiger partial charge in [0.05, 0.1) is 18.1 Å². The summed E-state index contributed by atoms with van der Waals surface area (Å²) < 4.78 is 22.5. The molecule has 0 spiro atoms. The van der Waals surface area contributed by atoms with Crippen molar-refractivity contribution in [1.82, 2.24) is 19.3 Å². The van der Waals surface area contributed by atoms with Gasteiger partial charge in [0.1, 0.15) is 5.82 Å². The molecule has 0 aliphatic heterocycles. The lowest BCUT2D eigenvalue weighted by molar-refractivity contribution is 0.387. The van der Waals surface area contributed by atoms with E-state index in [-0.39, 0.29) is 5.75 Å². The van der Waals surface area contributed by atoms with Crippen LogP contribution in [0.5, 0.6) is 5.75 Å². The highest BCUT2D eigenvalue weighted by molar-refractivity contribution is 6.17. The fourth-order valence-corrected chi connectivity index (χ4v) is 2.48. The lowest BCUT2D eigenvalue weighted by Gasteiger charge is -2.06. The summed E-state index contributed by atoms with van der Waals surface area (Å²) in [5, 5.41) is 4.39. The van der Waals surface area contributed by atoms with Gasteiger partial charge in [0.15, 0.2) is 17.4 Å². The number of aromatic nitrogens is 4. The lowest BCUT2D eigenvalue weighted by atomic mass is 10.3. The second-order valence-corrected chi connectivity index (χ2v) is 5.00. The van der Waals surface area contributed by atoms with Gasteiger partial charge in [0, 0.05) is 43.7 Å². The zero-order valence-electron chi connectivity index (χ0n) is 11.7. The summed E-state index contributed by atoms with van der Waals surface area (Å²) in [5.41, 5.74) is 1.30. The van der Waals surface area contributed by atoms with Crippen molar-refractivity contribution in [2.75, 3.05) is 13.0 Å². The van der Waals surface area contributed by atoms with E-state index in [4.69, 9.17) is 16.3 Å². The number of methoxy groups -OCH3 is 1. The van der Waals surface area contributed by atoms with Crippen LogP contribution >= 0.6 is 11.6 Å². The van der Waals surface area contributed by atoms with Gasteiger partial charge in [-0.2, -0.15) is 5.10 Å². The van der Waals surface area contributed by atoms with Crippen LogP contribution in [0.15, 0.2) is 24.4 Å². The molecular formula is C14H14ClFN4O. The molecule has 21 heavy (non-hydrogen) atoms. The van der Waals surface area contributed by atoms with Gasteiger partial charge >= 0.3 is 0 Å². The van der Waals surface area contributed by atoms with Gasteiger partial charge in [-0.1, -0.05) is 0 Å². The van der Waals surface area contributed by atoms with E-state index in [0.717, 1.165) is 11.3 Å². The normalized spacial score (nSPS) is 11.2. The highest BCUT2D eigenvalue weighted by atomic mass is 35.5. The number of hydrogen-bond donors (Lipinski definition) is 0. The number of rotatable bonds is 4. The summed E-state index contributed by atoms with van der Waals surface area (Å²) in [7, 11) is 3.27. The third kappa shape index (κ3) is 2.35. The van der Waals surface area contributed by atoms with Crippen LogP contribution in [-0.2, 0) is 13.5 Å². The van der Waals surface area contributed by atoms with Gasteiger partial charge < -0.3 is 4.74 Å². The Bertz CT molecular complexity index is 796. The summed E-state index contributed by atoms with van der Waals surface area (Å²) in [6.07, 6.45) is 2.41. The molecule has 2 heterocycles. The van der Waals surface area contributed by atoms with E-state index in [1.807, 2.05) is 23.9 Å². The minimum absolute atomic E-state index is 0.178. The monoisotopic (exact) mass is 308 g/mol. The van der Waals surface area contributed by atoms with Crippen LogP contribution in [0.1, 0.15) is 5.82 Å². The van der Waals surface area contributed by atoms with Crippen molar-refractivity contribution in [2.45, 2.75) is 6.42 Å². The molecule has 1 aromatic carbocycles. The van der Waals surface area contributed by atoms with Crippen LogP contribution in [0, 0.1) is 5.82 Å². The van der Waals surface area contributed by atoms with Crippen LogP contribution in [-0.4, -0.2) is 32.3 Å². The van der Waals surface area contributed by atoms with E-state index in [1.165, 1.54) is 13.2 Å².